The Kier molecular flexibility index (Phi) is 6.64. The SMILES string of the molecule is CC(=O)N1CCc2c(c(N3CCCc4cc(C5CC5)ncc43)nn2C2CCN(CC3CCNCC3)CC2)C1. The Bertz CT molecular complexity index is 1170. The van der Waals surface area contributed by atoms with E-state index in [1.165, 1.54) is 86.6 Å². The molecule has 8 heteroatoms. The van der Waals surface area contributed by atoms with E-state index in [4.69, 9.17) is 10.1 Å². The molecule has 0 atom stereocenters. The van der Waals surface area contributed by atoms with Crippen LogP contribution in [0.15, 0.2) is 12.3 Å². The molecule has 1 amide bonds. The van der Waals surface area contributed by atoms with Crippen molar-refractivity contribution >= 4 is 17.4 Å². The van der Waals surface area contributed by atoms with E-state index in [0.29, 0.717) is 18.5 Å². The van der Waals surface area contributed by atoms with Crippen molar-refractivity contribution in [3.63, 3.8) is 0 Å². The smallest absolute Gasteiger partial charge is 0.219 e. The van der Waals surface area contributed by atoms with Gasteiger partial charge in [-0.15, -0.1) is 0 Å². The molecule has 2 saturated heterocycles. The second kappa shape index (κ2) is 10.3. The monoisotopic (exact) mass is 517 g/mol. The van der Waals surface area contributed by atoms with Crippen LogP contribution in [0.1, 0.15) is 86.3 Å². The highest BCUT2D eigenvalue weighted by Crippen LogP contribution is 2.43. The maximum absolute atomic E-state index is 12.4. The molecule has 0 bridgehead atoms. The van der Waals surface area contributed by atoms with Crippen molar-refractivity contribution in [2.45, 2.75) is 83.2 Å². The third-order valence-corrected chi connectivity index (χ3v) is 9.75. The van der Waals surface area contributed by atoms with Crippen molar-refractivity contribution in [3.05, 3.63) is 34.8 Å². The first-order valence-electron chi connectivity index (χ1n) is 15.2. The Hall–Kier alpha value is -2.45. The molecule has 0 aromatic carbocycles. The van der Waals surface area contributed by atoms with Gasteiger partial charge in [-0.05, 0) is 82.0 Å². The minimum absolute atomic E-state index is 0.162. The Morgan fingerprint density at radius 2 is 1.84 bits per heavy atom. The molecule has 5 aliphatic rings. The zero-order chi connectivity index (χ0) is 25.6. The summed E-state index contributed by atoms with van der Waals surface area (Å²) in [6.07, 6.45) is 12.8. The highest BCUT2D eigenvalue weighted by molar-refractivity contribution is 5.75. The van der Waals surface area contributed by atoms with Crippen molar-refractivity contribution in [2.24, 2.45) is 5.92 Å². The Morgan fingerprint density at radius 1 is 1.03 bits per heavy atom. The minimum atomic E-state index is 0.162. The first-order valence-corrected chi connectivity index (χ1v) is 15.2. The average molecular weight is 518 g/mol. The lowest BCUT2D eigenvalue weighted by Gasteiger charge is -2.36. The third-order valence-electron chi connectivity index (χ3n) is 9.75. The predicted molar refractivity (Wildman–Crippen MR) is 149 cm³/mol. The molecule has 2 aromatic rings. The van der Waals surface area contributed by atoms with Crippen LogP contribution in [0, 0.1) is 5.92 Å². The van der Waals surface area contributed by atoms with Gasteiger partial charge in [0.1, 0.15) is 0 Å². The molecule has 0 spiro atoms. The number of pyridine rings is 1. The van der Waals surface area contributed by atoms with Crippen LogP contribution in [0.5, 0.6) is 0 Å². The molecule has 3 fully saturated rings. The summed E-state index contributed by atoms with van der Waals surface area (Å²) in [5.41, 5.74) is 6.55. The molecule has 4 aliphatic heterocycles. The summed E-state index contributed by atoms with van der Waals surface area (Å²) in [6, 6.07) is 2.81. The predicted octanol–water partition coefficient (Wildman–Crippen LogP) is 3.78. The van der Waals surface area contributed by atoms with E-state index in [1.807, 2.05) is 4.90 Å². The van der Waals surface area contributed by atoms with Crippen molar-refractivity contribution in [1.82, 2.24) is 29.9 Å². The standard InChI is InChI=1S/C30H43N7O/c1-21(38)35-16-10-28-26(20-35)30(36-13-2-3-24-17-27(23-4-5-23)32-18-29(24)36)33-37(28)25-8-14-34(15-9-25)19-22-6-11-31-12-7-22/h17-18,22-23,25,31H,2-16,19-20H2,1H3. The summed E-state index contributed by atoms with van der Waals surface area (Å²) in [6.45, 7) is 10.1. The van der Waals surface area contributed by atoms with E-state index in [1.54, 1.807) is 6.92 Å². The summed E-state index contributed by atoms with van der Waals surface area (Å²) in [5, 5.41) is 8.90. The van der Waals surface area contributed by atoms with Crippen molar-refractivity contribution in [1.29, 1.82) is 0 Å². The average Bonchev–Trinajstić information content (AvgIpc) is 3.74. The molecule has 204 valence electrons. The quantitative estimate of drug-likeness (QED) is 0.651. The van der Waals surface area contributed by atoms with E-state index in [9.17, 15) is 4.79 Å². The molecule has 8 nitrogen and oxygen atoms in total. The number of carbonyl (C=O) groups excluding carboxylic acids is 1. The van der Waals surface area contributed by atoms with Crippen molar-refractivity contribution in [2.75, 3.05) is 50.7 Å². The van der Waals surface area contributed by atoms with Crippen LogP contribution in [0.2, 0.25) is 0 Å². The molecular weight excluding hydrogens is 474 g/mol. The van der Waals surface area contributed by atoms with E-state index in [0.717, 1.165) is 56.9 Å². The molecular formula is C30H43N7O. The first-order chi connectivity index (χ1) is 18.6. The number of amides is 1. The van der Waals surface area contributed by atoms with Crippen LogP contribution in [-0.4, -0.2) is 76.3 Å². The number of carbonyl (C=O) groups is 1. The van der Waals surface area contributed by atoms with E-state index < -0.39 is 0 Å². The largest absolute Gasteiger partial charge is 0.338 e. The number of hydrogen-bond acceptors (Lipinski definition) is 6. The Morgan fingerprint density at radius 3 is 2.61 bits per heavy atom. The van der Waals surface area contributed by atoms with Gasteiger partial charge < -0.3 is 20.0 Å². The Balaban J connectivity index is 1.15. The molecule has 2 aromatic heterocycles. The van der Waals surface area contributed by atoms with Gasteiger partial charge >= 0.3 is 0 Å². The number of fused-ring (bicyclic) bond motifs is 2. The van der Waals surface area contributed by atoms with Crippen molar-refractivity contribution < 1.29 is 4.79 Å². The van der Waals surface area contributed by atoms with Crippen molar-refractivity contribution in [3.8, 4) is 0 Å². The summed E-state index contributed by atoms with van der Waals surface area (Å²) in [4.78, 5) is 24.4. The lowest BCUT2D eigenvalue weighted by Crippen LogP contribution is -2.41. The van der Waals surface area contributed by atoms with Crippen LogP contribution in [0.4, 0.5) is 11.5 Å². The normalized spacial score (nSPS) is 23.4. The van der Waals surface area contributed by atoms with Gasteiger partial charge in [-0.1, -0.05) is 0 Å². The van der Waals surface area contributed by atoms with Gasteiger partial charge in [0.2, 0.25) is 5.91 Å². The second-order valence-corrected chi connectivity index (χ2v) is 12.4. The topological polar surface area (TPSA) is 69.5 Å². The number of nitrogens with zero attached hydrogens (tertiary/aromatic N) is 6. The molecule has 0 unspecified atom stereocenters. The van der Waals surface area contributed by atoms with Crippen LogP contribution in [0.25, 0.3) is 0 Å². The van der Waals surface area contributed by atoms with Gasteiger partial charge in [0.25, 0.3) is 0 Å². The van der Waals surface area contributed by atoms with Crippen LogP contribution < -0.4 is 10.2 Å². The molecule has 7 rings (SSSR count). The van der Waals surface area contributed by atoms with E-state index in [-0.39, 0.29) is 5.91 Å². The highest BCUT2D eigenvalue weighted by Gasteiger charge is 2.35. The lowest BCUT2D eigenvalue weighted by atomic mass is 9.95. The molecule has 1 saturated carbocycles. The minimum Gasteiger partial charge on any atom is -0.338 e. The van der Waals surface area contributed by atoms with Gasteiger partial charge in [0.15, 0.2) is 5.82 Å². The molecule has 1 aliphatic carbocycles. The number of hydrogen-bond donors (Lipinski definition) is 1. The van der Waals surface area contributed by atoms with E-state index >= 15 is 0 Å². The van der Waals surface area contributed by atoms with Gasteiger partial charge in [0, 0.05) is 68.9 Å². The summed E-state index contributed by atoms with van der Waals surface area (Å²) in [5.74, 6) is 2.76. The number of aromatic nitrogens is 3. The first kappa shape index (κ1) is 24.6. The molecule has 6 heterocycles. The maximum atomic E-state index is 12.4. The van der Waals surface area contributed by atoms with E-state index in [2.05, 4.69) is 32.1 Å². The number of piperidine rings is 2. The maximum Gasteiger partial charge on any atom is 0.219 e. The van der Waals surface area contributed by atoms with Gasteiger partial charge in [-0.2, -0.15) is 5.10 Å². The fraction of sp³-hybridized carbons (Fsp3) is 0.700. The highest BCUT2D eigenvalue weighted by atomic mass is 16.2. The van der Waals surface area contributed by atoms with Crippen LogP contribution in [-0.2, 0) is 24.2 Å². The van der Waals surface area contributed by atoms with Gasteiger partial charge in [0.05, 0.1) is 24.5 Å². The zero-order valence-electron chi connectivity index (χ0n) is 23.0. The van der Waals surface area contributed by atoms with Gasteiger partial charge in [-0.25, -0.2) is 0 Å². The molecule has 1 N–H and O–H groups in total. The fourth-order valence-corrected chi connectivity index (χ4v) is 7.31. The molecule has 38 heavy (non-hydrogen) atoms. The fourth-order valence-electron chi connectivity index (χ4n) is 7.31. The molecule has 0 radical (unpaired) electrons. The van der Waals surface area contributed by atoms with Gasteiger partial charge in [-0.3, -0.25) is 14.5 Å². The number of rotatable bonds is 5. The van der Waals surface area contributed by atoms with Crippen LogP contribution >= 0.6 is 0 Å². The summed E-state index contributed by atoms with van der Waals surface area (Å²) < 4.78 is 2.39. The lowest BCUT2D eigenvalue weighted by molar-refractivity contribution is -0.129. The second-order valence-electron chi connectivity index (χ2n) is 12.4. The number of nitrogens with one attached hydrogen (secondary N) is 1. The number of aryl methyl sites for hydroxylation is 1. The summed E-state index contributed by atoms with van der Waals surface area (Å²) in [7, 11) is 0. The third kappa shape index (κ3) is 4.75. The number of anilines is 2. The van der Waals surface area contributed by atoms with Crippen LogP contribution in [0.3, 0.4) is 0 Å². The summed E-state index contributed by atoms with van der Waals surface area (Å²) >= 11 is 0. The zero-order valence-corrected chi connectivity index (χ0v) is 23.0. The Labute approximate surface area is 226 Å². The number of likely N-dealkylation sites (tertiary alicyclic amines) is 1.